The Kier molecular flexibility index (Phi) is 15.9. The molecule has 270 valence electrons. The number of hydrogen-bond acceptors (Lipinski definition) is 8. The minimum Gasteiger partial charge on any atom is -0.449 e. The number of hydrogen-bond donors (Lipinski definition) is 0. The highest BCUT2D eigenvalue weighted by molar-refractivity contribution is 5.93. The third-order valence-electron chi connectivity index (χ3n) is 7.66. The molecule has 1 atom stereocenters. The molecule has 12 heteroatoms. The van der Waals surface area contributed by atoms with E-state index < -0.39 is 42.0 Å². The maximum atomic E-state index is 14.6. The largest absolute Gasteiger partial charge is 0.449 e. The van der Waals surface area contributed by atoms with E-state index in [-0.39, 0.29) is 53.2 Å². The van der Waals surface area contributed by atoms with E-state index in [0.717, 1.165) is 38.2 Å². The van der Waals surface area contributed by atoms with Crippen LogP contribution in [0, 0.1) is 5.82 Å². The molecule has 3 aromatic carbocycles. The molecule has 0 unspecified atom stereocenters. The van der Waals surface area contributed by atoms with Gasteiger partial charge in [-0.3, -0.25) is 4.79 Å². The fourth-order valence-corrected chi connectivity index (χ4v) is 4.83. The van der Waals surface area contributed by atoms with Gasteiger partial charge in [-0.2, -0.15) is 13.2 Å². The molecule has 0 aliphatic rings. The molecule has 0 N–H and O–H groups in total. The first-order chi connectivity index (χ1) is 23.9. The summed E-state index contributed by atoms with van der Waals surface area (Å²) in [5.74, 6) is -4.52. The number of carbonyl (C=O) groups excluding carboxylic acids is 4. The highest BCUT2D eigenvalue weighted by atomic mass is 19.4. The average molecular weight is 703 g/mol. The van der Waals surface area contributed by atoms with Crippen molar-refractivity contribution in [3.05, 3.63) is 89.2 Å². The maximum Gasteiger partial charge on any atom is 0.425 e. The fourth-order valence-electron chi connectivity index (χ4n) is 4.83. The van der Waals surface area contributed by atoms with Crippen LogP contribution in [-0.4, -0.2) is 36.2 Å². The van der Waals surface area contributed by atoms with E-state index >= 15 is 0 Å². The standard InChI is InChI=1S/C38H42F4O8/c1-3-5-7-8-9-10-12-14-34(43)49-32-24-19-28(25-31(32)39)37(46)48-30-20-15-26(16-21-30)35(44)47-29-22-17-27(18-23-29)36(45)50-33(38(40,41)42)13-11-6-4-2/h15-25,33H,3-14H2,1-2H3/t33-/m1/s1. The number of halogens is 4. The Balaban J connectivity index is 1.48. The van der Waals surface area contributed by atoms with Crippen molar-refractivity contribution in [1.29, 1.82) is 0 Å². The Bertz CT molecular complexity index is 1550. The van der Waals surface area contributed by atoms with E-state index in [4.69, 9.17) is 18.9 Å². The lowest BCUT2D eigenvalue weighted by Crippen LogP contribution is -2.33. The molecule has 0 saturated carbocycles. The first-order valence-electron chi connectivity index (χ1n) is 16.8. The van der Waals surface area contributed by atoms with Crippen LogP contribution in [0.15, 0.2) is 66.7 Å². The lowest BCUT2D eigenvalue weighted by atomic mass is 10.1. The van der Waals surface area contributed by atoms with Crippen molar-refractivity contribution >= 4 is 23.9 Å². The van der Waals surface area contributed by atoms with Crippen LogP contribution in [0.25, 0.3) is 0 Å². The molecule has 0 saturated heterocycles. The van der Waals surface area contributed by atoms with Gasteiger partial charge < -0.3 is 18.9 Å². The van der Waals surface area contributed by atoms with Crippen molar-refractivity contribution in [1.82, 2.24) is 0 Å². The molecule has 50 heavy (non-hydrogen) atoms. The summed E-state index contributed by atoms with van der Waals surface area (Å²) >= 11 is 0. The van der Waals surface area contributed by atoms with Gasteiger partial charge in [0.25, 0.3) is 0 Å². The Morgan fingerprint density at radius 3 is 1.62 bits per heavy atom. The average Bonchev–Trinajstić information content (AvgIpc) is 3.08. The van der Waals surface area contributed by atoms with Gasteiger partial charge in [-0.15, -0.1) is 0 Å². The predicted molar refractivity (Wildman–Crippen MR) is 177 cm³/mol. The second kappa shape index (κ2) is 20.1. The molecule has 0 aromatic heterocycles. The van der Waals surface area contributed by atoms with Gasteiger partial charge in [-0.05, 0) is 86.0 Å². The molecule has 0 aliphatic carbocycles. The van der Waals surface area contributed by atoms with E-state index in [1.54, 1.807) is 0 Å². The van der Waals surface area contributed by atoms with Crippen molar-refractivity contribution in [2.75, 3.05) is 0 Å². The van der Waals surface area contributed by atoms with Gasteiger partial charge in [-0.25, -0.2) is 18.8 Å². The van der Waals surface area contributed by atoms with Crippen molar-refractivity contribution in [2.45, 2.75) is 103 Å². The lowest BCUT2D eigenvalue weighted by molar-refractivity contribution is -0.206. The van der Waals surface area contributed by atoms with Crippen molar-refractivity contribution < 1.29 is 55.7 Å². The van der Waals surface area contributed by atoms with Crippen LogP contribution in [-0.2, 0) is 9.53 Å². The normalized spacial score (nSPS) is 11.8. The van der Waals surface area contributed by atoms with E-state index in [1.165, 1.54) is 73.5 Å². The smallest absolute Gasteiger partial charge is 0.425 e. The first-order valence-corrected chi connectivity index (χ1v) is 16.8. The predicted octanol–water partition coefficient (Wildman–Crippen LogP) is 9.98. The minimum absolute atomic E-state index is 0.0197. The van der Waals surface area contributed by atoms with Gasteiger partial charge in [0, 0.05) is 6.42 Å². The summed E-state index contributed by atoms with van der Waals surface area (Å²) in [6, 6.07) is 13.5. The number of ether oxygens (including phenoxy) is 4. The summed E-state index contributed by atoms with van der Waals surface area (Å²) in [5, 5.41) is 0. The first kappa shape index (κ1) is 39.7. The summed E-state index contributed by atoms with van der Waals surface area (Å²) in [4.78, 5) is 49.6. The minimum atomic E-state index is -4.69. The molecule has 3 rings (SSSR count). The highest BCUT2D eigenvalue weighted by Crippen LogP contribution is 2.28. The van der Waals surface area contributed by atoms with Gasteiger partial charge in [-0.1, -0.05) is 65.2 Å². The van der Waals surface area contributed by atoms with Gasteiger partial charge in [0.15, 0.2) is 17.7 Å². The third kappa shape index (κ3) is 13.3. The van der Waals surface area contributed by atoms with Gasteiger partial charge >= 0.3 is 30.1 Å². The number of esters is 4. The van der Waals surface area contributed by atoms with Crippen molar-refractivity contribution in [3.8, 4) is 17.2 Å². The van der Waals surface area contributed by atoms with Crippen molar-refractivity contribution in [2.24, 2.45) is 0 Å². The van der Waals surface area contributed by atoms with E-state index in [0.29, 0.717) is 12.8 Å². The third-order valence-corrected chi connectivity index (χ3v) is 7.66. The summed E-state index contributed by atoms with van der Waals surface area (Å²) < 4.78 is 74.8. The SMILES string of the molecule is CCCCCCCCCC(=O)Oc1ccc(C(=O)Oc2ccc(C(=O)Oc3ccc(C(=O)O[C@H](CCCCC)C(F)(F)F)cc3)cc2)cc1F. The van der Waals surface area contributed by atoms with Crippen LogP contribution in [0.5, 0.6) is 17.2 Å². The fraction of sp³-hybridized carbons (Fsp3) is 0.421. The summed E-state index contributed by atoms with van der Waals surface area (Å²) in [7, 11) is 0. The molecule has 0 aliphatic heterocycles. The van der Waals surface area contributed by atoms with Gasteiger partial charge in [0.1, 0.15) is 11.5 Å². The van der Waals surface area contributed by atoms with Crippen molar-refractivity contribution in [3.63, 3.8) is 0 Å². The van der Waals surface area contributed by atoms with E-state index in [9.17, 15) is 36.7 Å². The molecule has 0 heterocycles. The van der Waals surface area contributed by atoms with Crippen LogP contribution in [0.2, 0.25) is 0 Å². The zero-order chi connectivity index (χ0) is 36.5. The molecule has 8 nitrogen and oxygen atoms in total. The van der Waals surface area contributed by atoms with E-state index in [2.05, 4.69) is 6.92 Å². The van der Waals surface area contributed by atoms with Crippen LogP contribution in [0.1, 0.15) is 122 Å². The molecule has 0 radical (unpaired) electrons. The number of unbranched alkanes of at least 4 members (excludes halogenated alkanes) is 8. The van der Waals surface area contributed by atoms with Gasteiger partial charge in [0.2, 0.25) is 0 Å². The summed E-state index contributed by atoms with van der Waals surface area (Å²) in [6.07, 6.45) is 1.68. The van der Waals surface area contributed by atoms with Crippen LogP contribution in [0.3, 0.4) is 0 Å². The topological polar surface area (TPSA) is 105 Å². The number of benzene rings is 3. The molecular formula is C38H42F4O8. The molecule has 0 spiro atoms. The maximum absolute atomic E-state index is 14.6. The lowest BCUT2D eigenvalue weighted by Gasteiger charge is -2.20. The molecule has 0 amide bonds. The Morgan fingerprint density at radius 2 is 1.08 bits per heavy atom. The molecule has 0 bridgehead atoms. The Labute approximate surface area is 289 Å². The number of carbonyl (C=O) groups is 4. The quantitative estimate of drug-likeness (QED) is 0.0526. The van der Waals surface area contributed by atoms with Crippen LogP contribution < -0.4 is 14.2 Å². The zero-order valence-electron chi connectivity index (χ0n) is 28.2. The molecular weight excluding hydrogens is 660 g/mol. The number of alkyl halides is 3. The second-order valence-corrected chi connectivity index (χ2v) is 11.7. The van der Waals surface area contributed by atoms with Crippen LogP contribution in [0.4, 0.5) is 17.6 Å². The monoisotopic (exact) mass is 702 g/mol. The summed E-state index contributed by atoms with van der Waals surface area (Å²) in [5.41, 5.74) is -0.201. The molecule has 0 fully saturated rings. The Morgan fingerprint density at radius 1 is 0.600 bits per heavy atom. The second-order valence-electron chi connectivity index (χ2n) is 11.7. The summed E-state index contributed by atoms with van der Waals surface area (Å²) in [6.45, 7) is 3.99. The number of rotatable bonds is 19. The van der Waals surface area contributed by atoms with E-state index in [1.807, 2.05) is 6.92 Å². The van der Waals surface area contributed by atoms with Gasteiger partial charge in [0.05, 0.1) is 16.7 Å². The zero-order valence-corrected chi connectivity index (χ0v) is 28.2. The Hall–Kier alpha value is -4.74. The van der Waals surface area contributed by atoms with Crippen LogP contribution >= 0.6 is 0 Å². The molecule has 3 aromatic rings. The highest BCUT2D eigenvalue weighted by Gasteiger charge is 2.42.